The summed E-state index contributed by atoms with van der Waals surface area (Å²) < 4.78 is 17.2. The number of ether oxygens (including phenoxy) is 2. The van der Waals surface area contributed by atoms with Gasteiger partial charge in [-0.15, -0.1) is 0 Å². The van der Waals surface area contributed by atoms with E-state index in [1.54, 1.807) is 16.8 Å². The van der Waals surface area contributed by atoms with E-state index in [1.807, 2.05) is 24.3 Å². The Morgan fingerprint density at radius 1 is 1.18 bits per heavy atom. The van der Waals surface area contributed by atoms with Gasteiger partial charge in [0.25, 0.3) is 0 Å². The number of nitrogens with one attached hydrogen (secondary N) is 1. The molecule has 0 spiro atoms. The standard InChI is InChI=1S/C16H16N2O4/c1-20-13(21-2)9-18-8-7-11-10-5-3-4-6-12(10)22-16(19)14(11)15(18)17/h3-8,13,17H,9H2,1-2H3. The van der Waals surface area contributed by atoms with Crippen molar-refractivity contribution in [1.29, 1.82) is 5.41 Å². The van der Waals surface area contributed by atoms with Crippen molar-refractivity contribution in [1.82, 2.24) is 4.57 Å². The Hall–Kier alpha value is -2.44. The Kier molecular flexibility index (Phi) is 3.79. The Morgan fingerprint density at radius 2 is 1.91 bits per heavy atom. The third kappa shape index (κ3) is 2.32. The average Bonchev–Trinajstić information content (AvgIpc) is 2.54. The summed E-state index contributed by atoms with van der Waals surface area (Å²) in [7, 11) is 3.06. The number of benzene rings is 1. The third-order valence-electron chi connectivity index (χ3n) is 3.67. The quantitative estimate of drug-likeness (QED) is 0.453. The lowest BCUT2D eigenvalue weighted by atomic mass is 10.1. The second kappa shape index (κ2) is 5.75. The summed E-state index contributed by atoms with van der Waals surface area (Å²) in [5.74, 6) is 0. The molecule has 0 saturated carbocycles. The monoisotopic (exact) mass is 300 g/mol. The van der Waals surface area contributed by atoms with E-state index < -0.39 is 11.9 Å². The topological polar surface area (TPSA) is 77.5 Å². The van der Waals surface area contributed by atoms with Gasteiger partial charge in [-0.3, -0.25) is 5.41 Å². The first kappa shape index (κ1) is 14.5. The van der Waals surface area contributed by atoms with Crippen LogP contribution >= 0.6 is 0 Å². The fraction of sp³-hybridized carbons (Fsp3) is 0.250. The van der Waals surface area contributed by atoms with Gasteiger partial charge in [-0.05, 0) is 12.1 Å². The number of hydrogen-bond donors (Lipinski definition) is 1. The first-order valence-electron chi connectivity index (χ1n) is 6.81. The molecule has 6 nitrogen and oxygen atoms in total. The number of nitrogens with zero attached hydrogens (tertiary/aromatic N) is 1. The van der Waals surface area contributed by atoms with Gasteiger partial charge < -0.3 is 18.5 Å². The van der Waals surface area contributed by atoms with Gasteiger partial charge in [0.1, 0.15) is 16.5 Å². The number of fused-ring (bicyclic) bond motifs is 3. The molecule has 0 unspecified atom stereocenters. The summed E-state index contributed by atoms with van der Waals surface area (Å²) in [6.07, 6.45) is 1.26. The maximum Gasteiger partial charge on any atom is 0.347 e. The van der Waals surface area contributed by atoms with E-state index in [2.05, 4.69) is 0 Å². The maximum absolute atomic E-state index is 12.2. The number of rotatable bonds is 4. The largest absolute Gasteiger partial charge is 0.422 e. The highest BCUT2D eigenvalue weighted by molar-refractivity contribution is 6.03. The highest BCUT2D eigenvalue weighted by Crippen LogP contribution is 2.20. The lowest BCUT2D eigenvalue weighted by Crippen LogP contribution is -2.30. The van der Waals surface area contributed by atoms with E-state index in [0.29, 0.717) is 17.5 Å². The van der Waals surface area contributed by atoms with Crippen molar-refractivity contribution in [2.45, 2.75) is 12.8 Å². The molecule has 114 valence electrons. The second-order valence-corrected chi connectivity index (χ2v) is 4.89. The number of para-hydroxylation sites is 1. The molecule has 0 aliphatic carbocycles. The van der Waals surface area contributed by atoms with Crippen molar-refractivity contribution in [3.05, 3.63) is 52.4 Å². The van der Waals surface area contributed by atoms with Crippen molar-refractivity contribution in [2.24, 2.45) is 0 Å². The molecule has 3 rings (SSSR count). The van der Waals surface area contributed by atoms with Gasteiger partial charge in [-0.1, -0.05) is 18.2 Å². The zero-order valence-corrected chi connectivity index (χ0v) is 12.3. The van der Waals surface area contributed by atoms with Crippen LogP contribution in [0.3, 0.4) is 0 Å². The van der Waals surface area contributed by atoms with Gasteiger partial charge in [0.15, 0.2) is 6.29 Å². The summed E-state index contributed by atoms with van der Waals surface area (Å²) in [5.41, 5.74) is 0.0827. The minimum atomic E-state index is -0.514. The van der Waals surface area contributed by atoms with Crippen LogP contribution in [0.5, 0.6) is 0 Å². The van der Waals surface area contributed by atoms with Crippen LogP contribution in [0.15, 0.2) is 45.7 Å². The van der Waals surface area contributed by atoms with Gasteiger partial charge in [0, 0.05) is 31.2 Å². The van der Waals surface area contributed by atoms with Crippen LogP contribution in [0.4, 0.5) is 0 Å². The van der Waals surface area contributed by atoms with Gasteiger partial charge in [0.2, 0.25) is 0 Å². The van der Waals surface area contributed by atoms with E-state index in [9.17, 15) is 4.79 Å². The Bertz CT molecular complexity index is 938. The molecule has 0 amide bonds. The predicted octanol–water partition coefficient (Wildman–Crippen LogP) is 1.85. The lowest BCUT2D eigenvalue weighted by Gasteiger charge is -2.16. The molecule has 2 heterocycles. The molecular formula is C16H16N2O4. The van der Waals surface area contributed by atoms with Crippen LogP contribution in [-0.2, 0) is 16.0 Å². The minimum Gasteiger partial charge on any atom is -0.422 e. The molecule has 0 atom stereocenters. The van der Waals surface area contributed by atoms with E-state index in [1.165, 1.54) is 14.2 Å². The van der Waals surface area contributed by atoms with Gasteiger partial charge in [-0.2, -0.15) is 0 Å². The molecule has 2 aromatic heterocycles. The normalized spacial score (nSPS) is 11.6. The fourth-order valence-corrected chi connectivity index (χ4v) is 2.51. The average molecular weight is 300 g/mol. The molecule has 0 fully saturated rings. The molecule has 1 N–H and O–H groups in total. The van der Waals surface area contributed by atoms with E-state index >= 15 is 0 Å². The Labute approximate surface area is 126 Å². The highest BCUT2D eigenvalue weighted by atomic mass is 16.7. The Balaban J connectivity index is 2.28. The molecule has 0 radical (unpaired) electrons. The van der Waals surface area contributed by atoms with Crippen LogP contribution in [0.1, 0.15) is 0 Å². The van der Waals surface area contributed by atoms with Crippen LogP contribution in [0.2, 0.25) is 0 Å². The molecule has 3 aromatic rings. The molecule has 6 heteroatoms. The first-order valence-corrected chi connectivity index (χ1v) is 6.81. The summed E-state index contributed by atoms with van der Waals surface area (Å²) in [6, 6.07) is 9.11. The number of hydrogen-bond acceptors (Lipinski definition) is 5. The number of methoxy groups -OCH3 is 2. The summed E-state index contributed by atoms with van der Waals surface area (Å²) in [5, 5.41) is 10.1. The van der Waals surface area contributed by atoms with Crippen molar-refractivity contribution in [2.75, 3.05) is 14.2 Å². The summed E-state index contributed by atoms with van der Waals surface area (Å²) >= 11 is 0. The van der Waals surface area contributed by atoms with E-state index in [4.69, 9.17) is 19.3 Å². The first-order chi connectivity index (χ1) is 10.7. The predicted molar refractivity (Wildman–Crippen MR) is 81.6 cm³/mol. The van der Waals surface area contributed by atoms with Gasteiger partial charge in [-0.25, -0.2) is 4.79 Å². The highest BCUT2D eigenvalue weighted by Gasteiger charge is 2.12. The van der Waals surface area contributed by atoms with Crippen LogP contribution < -0.4 is 11.1 Å². The SMILES string of the molecule is COC(Cn1ccc2c(c(=O)oc3ccccc32)c1=N)OC. The molecule has 0 aliphatic heterocycles. The van der Waals surface area contributed by atoms with Crippen LogP contribution in [0.25, 0.3) is 21.7 Å². The molecule has 22 heavy (non-hydrogen) atoms. The van der Waals surface area contributed by atoms with Crippen molar-refractivity contribution < 1.29 is 13.9 Å². The molecule has 1 aromatic carbocycles. The minimum absolute atomic E-state index is 0.0797. The number of pyridine rings is 1. The summed E-state index contributed by atoms with van der Waals surface area (Å²) in [4.78, 5) is 12.2. The van der Waals surface area contributed by atoms with Crippen LogP contribution in [-0.4, -0.2) is 25.1 Å². The number of aromatic nitrogens is 1. The van der Waals surface area contributed by atoms with Crippen molar-refractivity contribution in [3.63, 3.8) is 0 Å². The van der Waals surface area contributed by atoms with Gasteiger partial charge >= 0.3 is 5.63 Å². The zero-order valence-electron chi connectivity index (χ0n) is 12.3. The smallest absolute Gasteiger partial charge is 0.347 e. The fourth-order valence-electron chi connectivity index (χ4n) is 2.51. The van der Waals surface area contributed by atoms with Gasteiger partial charge in [0.05, 0.1) is 6.54 Å². The lowest BCUT2D eigenvalue weighted by molar-refractivity contribution is -0.111. The maximum atomic E-state index is 12.2. The van der Waals surface area contributed by atoms with E-state index in [0.717, 1.165) is 5.39 Å². The molecule has 0 aliphatic rings. The van der Waals surface area contributed by atoms with E-state index in [-0.39, 0.29) is 10.9 Å². The van der Waals surface area contributed by atoms with Crippen molar-refractivity contribution in [3.8, 4) is 0 Å². The molecule has 0 saturated heterocycles. The van der Waals surface area contributed by atoms with Crippen molar-refractivity contribution >= 4 is 21.7 Å². The molecule has 0 bridgehead atoms. The second-order valence-electron chi connectivity index (χ2n) is 4.89. The zero-order chi connectivity index (χ0) is 15.7. The Morgan fingerprint density at radius 3 is 2.64 bits per heavy atom. The molecular weight excluding hydrogens is 284 g/mol. The third-order valence-corrected chi connectivity index (χ3v) is 3.67. The van der Waals surface area contributed by atoms with Crippen LogP contribution in [0, 0.1) is 5.41 Å². The summed E-state index contributed by atoms with van der Waals surface area (Å²) in [6.45, 7) is 0.314.